The molecule has 0 spiro atoms. The molecule has 1 aliphatic carbocycles. The van der Waals surface area contributed by atoms with Crippen LogP contribution < -0.4 is 5.32 Å². The Hall–Kier alpha value is -1.79. The van der Waals surface area contributed by atoms with Gasteiger partial charge < -0.3 is 20.4 Å². The molecule has 0 radical (unpaired) electrons. The first-order valence-corrected chi connectivity index (χ1v) is 9.53. The lowest BCUT2D eigenvalue weighted by atomic mass is 9.72. The van der Waals surface area contributed by atoms with Crippen molar-refractivity contribution in [2.45, 2.75) is 56.1 Å². The SMILES string of the molecule is O=C(O)N[C@@H]1CCN(C(=O)C(c2cccc(Cl)c2)C2(O)CCCCC2)C1. The molecule has 0 aromatic heterocycles. The van der Waals surface area contributed by atoms with Gasteiger partial charge in [0.05, 0.1) is 17.6 Å². The van der Waals surface area contributed by atoms with Crippen molar-refractivity contribution in [3.8, 4) is 0 Å². The monoisotopic (exact) mass is 380 g/mol. The Morgan fingerprint density at radius 2 is 2.00 bits per heavy atom. The number of hydrogen-bond acceptors (Lipinski definition) is 3. The summed E-state index contributed by atoms with van der Waals surface area (Å²) < 4.78 is 0. The van der Waals surface area contributed by atoms with Crippen LogP contribution in [0.15, 0.2) is 24.3 Å². The molecule has 26 heavy (non-hydrogen) atoms. The van der Waals surface area contributed by atoms with Crippen LogP contribution in [0, 0.1) is 0 Å². The molecule has 0 bridgehead atoms. The normalized spacial score (nSPS) is 23.5. The number of halogens is 1. The van der Waals surface area contributed by atoms with Crippen molar-refractivity contribution in [1.29, 1.82) is 0 Å². The van der Waals surface area contributed by atoms with Crippen molar-refractivity contribution >= 4 is 23.6 Å². The summed E-state index contributed by atoms with van der Waals surface area (Å²) in [4.78, 5) is 25.9. The third-order valence-corrected chi connectivity index (χ3v) is 5.75. The van der Waals surface area contributed by atoms with Gasteiger partial charge in [-0.3, -0.25) is 4.79 Å². The number of amides is 2. The zero-order chi connectivity index (χ0) is 18.7. The highest BCUT2D eigenvalue weighted by molar-refractivity contribution is 6.30. The number of carbonyl (C=O) groups excluding carboxylic acids is 1. The van der Waals surface area contributed by atoms with E-state index in [9.17, 15) is 14.7 Å². The van der Waals surface area contributed by atoms with Crippen LogP contribution in [0.1, 0.15) is 50.0 Å². The molecule has 3 rings (SSSR count). The van der Waals surface area contributed by atoms with Gasteiger partial charge >= 0.3 is 6.09 Å². The Morgan fingerprint density at radius 3 is 2.65 bits per heavy atom. The predicted molar refractivity (Wildman–Crippen MR) is 98.4 cm³/mol. The number of hydrogen-bond donors (Lipinski definition) is 3. The van der Waals surface area contributed by atoms with Crippen LogP contribution in [0.25, 0.3) is 0 Å². The van der Waals surface area contributed by atoms with Gasteiger partial charge in [-0.15, -0.1) is 0 Å². The van der Waals surface area contributed by atoms with Gasteiger partial charge in [-0.1, -0.05) is 43.0 Å². The minimum absolute atomic E-state index is 0.147. The molecule has 7 heteroatoms. The molecule has 2 aliphatic rings. The summed E-state index contributed by atoms with van der Waals surface area (Å²) in [6.45, 7) is 0.815. The maximum atomic E-state index is 13.3. The van der Waals surface area contributed by atoms with Crippen molar-refractivity contribution in [3.05, 3.63) is 34.9 Å². The topological polar surface area (TPSA) is 89.9 Å². The van der Waals surface area contributed by atoms with Gasteiger partial charge in [-0.05, 0) is 37.0 Å². The van der Waals surface area contributed by atoms with Crippen LogP contribution in [0.2, 0.25) is 5.02 Å². The average molecular weight is 381 g/mol. The third kappa shape index (κ3) is 4.13. The molecule has 1 saturated carbocycles. The standard InChI is InChI=1S/C19H25ClN2O4/c20-14-6-4-5-13(11-14)16(19(26)8-2-1-3-9-19)17(23)22-10-7-15(12-22)21-18(24)25/h4-6,11,15-16,21,26H,1-3,7-10,12H2,(H,24,25)/t15-,16?/m1/s1. The van der Waals surface area contributed by atoms with Crippen LogP contribution in [0.4, 0.5) is 4.79 Å². The molecule has 1 aliphatic heterocycles. The fourth-order valence-electron chi connectivity index (χ4n) is 4.26. The van der Waals surface area contributed by atoms with Gasteiger partial charge in [0.15, 0.2) is 0 Å². The summed E-state index contributed by atoms with van der Waals surface area (Å²) in [5, 5.41) is 23.2. The number of carbonyl (C=O) groups is 2. The lowest BCUT2D eigenvalue weighted by Crippen LogP contribution is -2.48. The van der Waals surface area contributed by atoms with Crippen LogP contribution in [-0.4, -0.2) is 51.8 Å². The highest BCUT2D eigenvalue weighted by atomic mass is 35.5. The lowest BCUT2D eigenvalue weighted by Gasteiger charge is -2.40. The molecule has 142 valence electrons. The predicted octanol–water partition coefficient (Wildman–Crippen LogP) is 2.99. The minimum Gasteiger partial charge on any atom is -0.465 e. The number of nitrogens with one attached hydrogen (secondary N) is 1. The molecule has 2 amide bonds. The second kappa shape index (κ2) is 7.84. The number of benzene rings is 1. The number of likely N-dealkylation sites (tertiary alicyclic amines) is 1. The molecule has 6 nitrogen and oxygen atoms in total. The smallest absolute Gasteiger partial charge is 0.404 e. The van der Waals surface area contributed by atoms with E-state index in [0.29, 0.717) is 37.4 Å². The van der Waals surface area contributed by atoms with E-state index < -0.39 is 17.6 Å². The molecule has 3 N–H and O–H groups in total. The first kappa shape index (κ1) is 19.0. The second-order valence-corrected chi connectivity index (χ2v) is 7.81. The fraction of sp³-hybridized carbons (Fsp3) is 0.579. The highest BCUT2D eigenvalue weighted by Crippen LogP contribution is 2.42. The van der Waals surface area contributed by atoms with Crippen LogP contribution in [0.5, 0.6) is 0 Å². The molecule has 1 aromatic carbocycles. The minimum atomic E-state index is -1.08. The number of rotatable bonds is 4. The van der Waals surface area contributed by atoms with E-state index in [2.05, 4.69) is 5.32 Å². The largest absolute Gasteiger partial charge is 0.465 e. The summed E-state index contributed by atoms with van der Waals surface area (Å²) in [6, 6.07) is 6.87. The second-order valence-electron chi connectivity index (χ2n) is 7.37. The maximum absolute atomic E-state index is 13.3. The Morgan fingerprint density at radius 1 is 1.27 bits per heavy atom. The van der Waals surface area contributed by atoms with Gasteiger partial charge in [-0.25, -0.2) is 4.79 Å². The van der Waals surface area contributed by atoms with Crippen molar-refractivity contribution in [2.24, 2.45) is 0 Å². The quantitative estimate of drug-likeness (QED) is 0.749. The van der Waals surface area contributed by atoms with E-state index in [0.717, 1.165) is 24.8 Å². The first-order valence-electron chi connectivity index (χ1n) is 9.15. The lowest BCUT2D eigenvalue weighted by molar-refractivity contribution is -0.140. The molecule has 1 aromatic rings. The number of carboxylic acid groups (broad SMARTS) is 1. The van der Waals surface area contributed by atoms with Crippen molar-refractivity contribution in [3.63, 3.8) is 0 Å². The molecule has 1 saturated heterocycles. The Bertz CT molecular complexity index is 675. The van der Waals surface area contributed by atoms with E-state index in [1.807, 2.05) is 6.07 Å². The van der Waals surface area contributed by atoms with Crippen LogP contribution in [-0.2, 0) is 4.79 Å². The average Bonchev–Trinajstić information content (AvgIpc) is 3.03. The Kier molecular flexibility index (Phi) is 5.73. The molecule has 1 heterocycles. The summed E-state index contributed by atoms with van der Waals surface area (Å²) in [6.07, 6.45) is 3.52. The molecular weight excluding hydrogens is 356 g/mol. The van der Waals surface area contributed by atoms with E-state index in [1.165, 1.54) is 0 Å². The first-order chi connectivity index (χ1) is 12.4. The van der Waals surface area contributed by atoms with E-state index in [4.69, 9.17) is 16.7 Å². The summed E-state index contributed by atoms with van der Waals surface area (Å²) >= 11 is 6.14. The van der Waals surface area contributed by atoms with Gasteiger partial charge in [0.2, 0.25) is 5.91 Å². The number of nitrogens with zero attached hydrogens (tertiary/aromatic N) is 1. The van der Waals surface area contributed by atoms with Gasteiger partial charge in [0.1, 0.15) is 0 Å². The molecule has 2 fully saturated rings. The summed E-state index contributed by atoms with van der Waals surface area (Å²) in [5.41, 5.74) is -0.361. The maximum Gasteiger partial charge on any atom is 0.404 e. The third-order valence-electron chi connectivity index (χ3n) is 5.51. The highest BCUT2D eigenvalue weighted by Gasteiger charge is 2.45. The molecular formula is C19H25ClN2O4. The van der Waals surface area contributed by atoms with E-state index in [-0.39, 0.29) is 11.9 Å². The Balaban J connectivity index is 1.86. The van der Waals surface area contributed by atoms with E-state index in [1.54, 1.807) is 23.1 Å². The van der Waals surface area contributed by atoms with Gasteiger partial charge in [0, 0.05) is 18.1 Å². The molecule has 2 atom stereocenters. The fourth-order valence-corrected chi connectivity index (χ4v) is 4.46. The van der Waals surface area contributed by atoms with Crippen LogP contribution in [0.3, 0.4) is 0 Å². The van der Waals surface area contributed by atoms with Crippen molar-refractivity contribution in [1.82, 2.24) is 10.2 Å². The van der Waals surface area contributed by atoms with Crippen molar-refractivity contribution in [2.75, 3.05) is 13.1 Å². The zero-order valence-corrected chi connectivity index (χ0v) is 15.4. The van der Waals surface area contributed by atoms with E-state index >= 15 is 0 Å². The van der Waals surface area contributed by atoms with Gasteiger partial charge in [-0.2, -0.15) is 0 Å². The van der Waals surface area contributed by atoms with Gasteiger partial charge in [0.25, 0.3) is 0 Å². The zero-order valence-electron chi connectivity index (χ0n) is 14.7. The molecule has 1 unspecified atom stereocenters. The van der Waals surface area contributed by atoms with Crippen LogP contribution >= 0.6 is 11.6 Å². The Labute approximate surface area is 158 Å². The summed E-state index contributed by atoms with van der Waals surface area (Å²) in [7, 11) is 0. The summed E-state index contributed by atoms with van der Waals surface area (Å²) in [5.74, 6) is -0.823. The van der Waals surface area contributed by atoms with Crippen molar-refractivity contribution < 1.29 is 19.8 Å². The number of aliphatic hydroxyl groups is 1.